The van der Waals surface area contributed by atoms with Gasteiger partial charge in [-0.15, -0.1) is 0 Å². The van der Waals surface area contributed by atoms with E-state index in [1.165, 1.54) is 6.20 Å². The second-order valence-corrected chi connectivity index (χ2v) is 8.89. The minimum Gasteiger partial charge on any atom is -0.445 e. The molecular formula is C21H26ClN5O5. The van der Waals surface area contributed by atoms with Crippen molar-refractivity contribution >= 4 is 23.5 Å². The zero-order valence-corrected chi connectivity index (χ0v) is 18.7. The highest BCUT2D eigenvalue weighted by molar-refractivity contribution is 6.30. The first-order valence-electron chi connectivity index (χ1n) is 10.5. The number of imidazole rings is 1. The number of hydrogen-bond acceptors (Lipinski definition) is 7. The zero-order valence-electron chi connectivity index (χ0n) is 18.0. The first-order chi connectivity index (χ1) is 15.3. The highest BCUT2D eigenvalue weighted by atomic mass is 35.5. The van der Waals surface area contributed by atoms with Crippen molar-refractivity contribution < 1.29 is 19.2 Å². The number of aromatic nitrogens is 2. The molecule has 1 amide bonds. The quantitative estimate of drug-likeness (QED) is 0.517. The normalized spacial score (nSPS) is 21.7. The number of likely N-dealkylation sites (N-methyl/N-ethyl adjacent to an activating group) is 1. The molecule has 0 bridgehead atoms. The maximum absolute atomic E-state index is 12.5. The minimum absolute atomic E-state index is 0.00417. The monoisotopic (exact) mass is 463 g/mol. The maximum Gasteiger partial charge on any atom is 0.415 e. The van der Waals surface area contributed by atoms with Crippen LogP contribution in [-0.4, -0.2) is 57.2 Å². The Bertz CT molecular complexity index is 963. The van der Waals surface area contributed by atoms with Crippen LogP contribution in [0, 0.1) is 16.0 Å². The Morgan fingerprint density at radius 3 is 2.69 bits per heavy atom. The molecule has 2 unspecified atom stereocenters. The summed E-state index contributed by atoms with van der Waals surface area (Å²) in [6.07, 6.45) is 2.67. The maximum atomic E-state index is 12.5. The predicted molar refractivity (Wildman–Crippen MR) is 117 cm³/mol. The fourth-order valence-electron chi connectivity index (χ4n) is 4.68. The summed E-state index contributed by atoms with van der Waals surface area (Å²) in [5.74, 6) is 0.0541. The number of carbonyl (C=O) groups is 1. The molecule has 32 heavy (non-hydrogen) atoms. The van der Waals surface area contributed by atoms with Crippen LogP contribution >= 0.6 is 11.6 Å². The Balaban J connectivity index is 1.31. The summed E-state index contributed by atoms with van der Waals surface area (Å²) >= 11 is 5.88. The van der Waals surface area contributed by atoms with Crippen LogP contribution < -0.4 is 10.1 Å². The van der Waals surface area contributed by atoms with Gasteiger partial charge in [-0.05, 0) is 55.4 Å². The van der Waals surface area contributed by atoms with E-state index in [4.69, 9.17) is 21.1 Å². The van der Waals surface area contributed by atoms with Crippen molar-refractivity contribution in [3.05, 3.63) is 51.2 Å². The largest absolute Gasteiger partial charge is 0.445 e. The number of fused-ring (bicyclic) bond motifs is 1. The highest BCUT2D eigenvalue weighted by Gasteiger charge is 2.48. The van der Waals surface area contributed by atoms with E-state index < -0.39 is 10.5 Å². The molecule has 0 radical (unpaired) electrons. The second kappa shape index (κ2) is 8.95. The van der Waals surface area contributed by atoms with Crippen LogP contribution in [0.2, 0.25) is 5.02 Å². The summed E-state index contributed by atoms with van der Waals surface area (Å²) in [4.78, 5) is 28.6. The average Bonchev–Trinajstić information content (AvgIpc) is 3.30. The third kappa shape index (κ3) is 4.51. The van der Waals surface area contributed by atoms with Crippen molar-refractivity contribution in [3.8, 4) is 6.01 Å². The number of hydrogen-bond donors (Lipinski definition) is 1. The third-order valence-corrected chi connectivity index (χ3v) is 6.49. The predicted octanol–water partition coefficient (Wildman–Crippen LogP) is 3.23. The Labute approximate surface area is 190 Å². The van der Waals surface area contributed by atoms with Gasteiger partial charge in [0, 0.05) is 23.1 Å². The van der Waals surface area contributed by atoms with Crippen molar-refractivity contribution in [1.82, 2.24) is 19.8 Å². The topological polar surface area (TPSA) is 112 Å². The van der Waals surface area contributed by atoms with E-state index in [0.717, 1.165) is 18.4 Å². The number of piperidine rings is 1. The van der Waals surface area contributed by atoms with Gasteiger partial charge in [0.15, 0.2) is 0 Å². The molecule has 2 atom stereocenters. The van der Waals surface area contributed by atoms with Crippen LogP contribution in [0.25, 0.3) is 0 Å². The first-order valence-corrected chi connectivity index (χ1v) is 10.9. The molecule has 4 rings (SSSR count). The van der Waals surface area contributed by atoms with Gasteiger partial charge in [-0.25, -0.2) is 4.79 Å². The number of amides is 1. The lowest BCUT2D eigenvalue weighted by Gasteiger charge is -2.41. The van der Waals surface area contributed by atoms with Gasteiger partial charge in [-0.2, -0.15) is 0 Å². The van der Waals surface area contributed by atoms with Crippen molar-refractivity contribution in [2.45, 2.75) is 44.6 Å². The zero-order chi connectivity index (χ0) is 22.9. The molecule has 1 fully saturated rings. The number of ether oxygens (including phenoxy) is 2. The van der Waals surface area contributed by atoms with E-state index in [1.54, 1.807) is 21.6 Å². The van der Waals surface area contributed by atoms with Gasteiger partial charge in [-0.1, -0.05) is 23.7 Å². The smallest absolute Gasteiger partial charge is 0.415 e. The van der Waals surface area contributed by atoms with Crippen LogP contribution in [0.1, 0.15) is 25.3 Å². The molecule has 1 aromatic carbocycles. The number of carbonyl (C=O) groups excluding carboxylic acids is 1. The molecule has 0 saturated carbocycles. The summed E-state index contributed by atoms with van der Waals surface area (Å²) in [6.45, 7) is 3.85. The molecule has 0 spiro atoms. The van der Waals surface area contributed by atoms with Gasteiger partial charge < -0.3 is 29.8 Å². The lowest BCUT2D eigenvalue weighted by Crippen LogP contribution is -2.57. The number of likely N-dealkylation sites (tertiary alicyclic amines) is 1. The average molecular weight is 464 g/mol. The lowest BCUT2D eigenvalue weighted by atomic mass is 9.80. The van der Waals surface area contributed by atoms with Crippen molar-refractivity contribution in [3.63, 3.8) is 0 Å². The summed E-state index contributed by atoms with van der Waals surface area (Å²) in [6, 6.07) is 7.47. The molecule has 172 valence electrons. The Kier molecular flexibility index (Phi) is 6.25. The van der Waals surface area contributed by atoms with Gasteiger partial charge in [0.2, 0.25) is 0 Å². The van der Waals surface area contributed by atoms with Gasteiger partial charge in [0.25, 0.3) is 0 Å². The van der Waals surface area contributed by atoms with Crippen LogP contribution in [-0.2, 0) is 17.9 Å². The molecule has 10 nitrogen and oxygen atoms in total. The number of rotatable bonds is 6. The summed E-state index contributed by atoms with van der Waals surface area (Å²) < 4.78 is 13.2. The van der Waals surface area contributed by atoms with Crippen LogP contribution in [0.3, 0.4) is 0 Å². The number of halogens is 1. The van der Waals surface area contributed by atoms with Crippen LogP contribution in [0.15, 0.2) is 30.5 Å². The van der Waals surface area contributed by atoms with E-state index >= 15 is 0 Å². The Morgan fingerprint density at radius 1 is 1.41 bits per heavy atom. The summed E-state index contributed by atoms with van der Waals surface area (Å²) in [7, 11) is 1.88. The van der Waals surface area contributed by atoms with Crippen molar-refractivity contribution in [2.24, 2.45) is 5.92 Å². The SMILES string of the molecule is CNC(C1CCN(C(=O)OCc2ccc(Cl)cc2)CC1)C1(C)Cn2cc([N+](=O)[O-])nc2O1. The Hall–Kier alpha value is -2.85. The fourth-order valence-corrected chi connectivity index (χ4v) is 4.81. The third-order valence-electron chi connectivity index (χ3n) is 6.24. The number of nitrogens with zero attached hydrogens (tertiary/aromatic N) is 4. The molecule has 2 aliphatic heterocycles. The molecule has 0 aliphatic carbocycles. The van der Waals surface area contributed by atoms with Gasteiger partial charge in [0.05, 0.1) is 12.6 Å². The molecule has 1 aromatic heterocycles. The molecule has 11 heteroatoms. The fraction of sp³-hybridized carbons (Fsp3) is 0.524. The van der Waals surface area contributed by atoms with E-state index in [0.29, 0.717) is 24.7 Å². The molecule has 2 aliphatic rings. The molecular weight excluding hydrogens is 438 g/mol. The van der Waals surface area contributed by atoms with E-state index in [-0.39, 0.29) is 36.5 Å². The molecule has 3 heterocycles. The van der Waals surface area contributed by atoms with E-state index in [2.05, 4.69) is 10.3 Å². The molecule has 1 saturated heterocycles. The van der Waals surface area contributed by atoms with Crippen molar-refractivity contribution in [1.29, 1.82) is 0 Å². The number of nitrogens with one attached hydrogen (secondary N) is 1. The van der Waals surface area contributed by atoms with Crippen LogP contribution in [0.5, 0.6) is 6.01 Å². The number of benzene rings is 1. The van der Waals surface area contributed by atoms with Crippen molar-refractivity contribution in [2.75, 3.05) is 20.1 Å². The van der Waals surface area contributed by atoms with Crippen LogP contribution in [0.4, 0.5) is 10.6 Å². The second-order valence-electron chi connectivity index (χ2n) is 8.45. The standard InChI is InChI=1S/C21H26ClN5O5/c1-21(13-26-11-17(27(29)30)24-19(26)32-21)18(23-2)15-7-9-25(10-8-15)20(28)31-12-14-3-5-16(22)6-4-14/h3-6,11,15,18,23H,7-10,12-13H2,1-2H3. The summed E-state index contributed by atoms with van der Waals surface area (Å²) in [5, 5.41) is 15.0. The first kappa shape index (κ1) is 22.3. The number of nitro groups is 1. The highest BCUT2D eigenvalue weighted by Crippen LogP contribution is 2.37. The van der Waals surface area contributed by atoms with Gasteiger partial charge in [0.1, 0.15) is 18.4 Å². The Morgan fingerprint density at radius 2 is 2.09 bits per heavy atom. The summed E-state index contributed by atoms with van der Waals surface area (Å²) in [5.41, 5.74) is 0.297. The van der Waals surface area contributed by atoms with Gasteiger partial charge in [-0.3, -0.25) is 4.57 Å². The lowest BCUT2D eigenvalue weighted by molar-refractivity contribution is -0.389. The van der Waals surface area contributed by atoms with E-state index in [1.807, 2.05) is 26.1 Å². The van der Waals surface area contributed by atoms with Gasteiger partial charge >= 0.3 is 17.9 Å². The minimum atomic E-state index is -0.589. The van der Waals surface area contributed by atoms with E-state index in [9.17, 15) is 14.9 Å². The molecule has 1 N–H and O–H groups in total. The molecule has 2 aromatic rings.